The molecule has 1 amide bonds. The lowest BCUT2D eigenvalue weighted by Crippen LogP contribution is -2.15. The van der Waals surface area contributed by atoms with Crippen molar-refractivity contribution in [1.29, 1.82) is 0 Å². The van der Waals surface area contributed by atoms with Crippen molar-refractivity contribution in [2.75, 3.05) is 18.5 Å². The molecule has 2 atom stereocenters. The lowest BCUT2D eigenvalue weighted by Gasteiger charge is -2.12. The predicted octanol–water partition coefficient (Wildman–Crippen LogP) is 5.26. The third-order valence-electron chi connectivity index (χ3n) is 4.89. The van der Waals surface area contributed by atoms with Crippen LogP contribution in [0, 0.1) is 5.92 Å². The van der Waals surface area contributed by atoms with Gasteiger partial charge in [-0.2, -0.15) is 13.2 Å². The number of alkyl halides is 3. The highest BCUT2D eigenvalue weighted by atomic mass is 35.5. The first-order chi connectivity index (χ1) is 13.3. The first-order valence-electron chi connectivity index (χ1n) is 8.90. The fourth-order valence-corrected chi connectivity index (χ4v) is 3.48. The second-order valence-corrected chi connectivity index (χ2v) is 7.29. The zero-order valence-electron chi connectivity index (χ0n) is 14.7. The molecule has 1 saturated carbocycles. The Morgan fingerprint density at radius 3 is 2.36 bits per heavy atom. The number of hydrogen-bond acceptors (Lipinski definition) is 3. The largest absolute Gasteiger partial charge is 0.490 e. The summed E-state index contributed by atoms with van der Waals surface area (Å²) in [6, 6.07) is 8.20. The van der Waals surface area contributed by atoms with E-state index in [1.807, 2.05) is 0 Å². The highest BCUT2D eigenvalue weighted by molar-refractivity contribution is 6.34. The van der Waals surface area contributed by atoms with Gasteiger partial charge in [0.2, 0.25) is 5.91 Å². The van der Waals surface area contributed by atoms with Crippen LogP contribution in [0.1, 0.15) is 29.9 Å². The van der Waals surface area contributed by atoms with Crippen LogP contribution in [-0.2, 0) is 11.0 Å². The van der Waals surface area contributed by atoms with E-state index in [1.165, 1.54) is 12.1 Å². The van der Waals surface area contributed by atoms with Crippen molar-refractivity contribution in [1.82, 2.24) is 0 Å². The molecule has 0 spiro atoms. The van der Waals surface area contributed by atoms with Gasteiger partial charge in [0.15, 0.2) is 11.5 Å². The number of amides is 1. The fourth-order valence-electron chi connectivity index (χ4n) is 3.28. The smallest absolute Gasteiger partial charge is 0.416 e. The highest BCUT2D eigenvalue weighted by Gasteiger charge is 2.44. The number of ether oxygens (including phenoxy) is 2. The molecule has 0 bridgehead atoms. The van der Waals surface area contributed by atoms with Crippen molar-refractivity contribution in [3.8, 4) is 11.5 Å². The van der Waals surface area contributed by atoms with Crippen LogP contribution in [-0.4, -0.2) is 19.1 Å². The van der Waals surface area contributed by atoms with E-state index in [9.17, 15) is 18.0 Å². The first kappa shape index (κ1) is 18.9. The topological polar surface area (TPSA) is 47.6 Å². The summed E-state index contributed by atoms with van der Waals surface area (Å²) in [6.45, 7) is 1.05. The Balaban J connectivity index is 1.43. The van der Waals surface area contributed by atoms with Crippen molar-refractivity contribution in [3.63, 3.8) is 0 Å². The summed E-state index contributed by atoms with van der Waals surface area (Å²) in [5, 5.41) is 3.13. The van der Waals surface area contributed by atoms with E-state index in [0.717, 1.165) is 24.1 Å². The summed E-state index contributed by atoms with van der Waals surface area (Å²) in [5.41, 5.74) is 0.448. The molecule has 0 aromatic heterocycles. The number of anilines is 1. The van der Waals surface area contributed by atoms with Crippen LogP contribution in [0.25, 0.3) is 0 Å². The summed E-state index contributed by atoms with van der Waals surface area (Å²) in [7, 11) is 0. The van der Waals surface area contributed by atoms with E-state index >= 15 is 0 Å². The molecular formula is C20H17ClF3NO3. The molecule has 148 valence electrons. The van der Waals surface area contributed by atoms with Gasteiger partial charge in [-0.05, 0) is 30.0 Å². The monoisotopic (exact) mass is 411 g/mol. The molecule has 1 aliphatic heterocycles. The molecular weight excluding hydrogens is 395 g/mol. The van der Waals surface area contributed by atoms with E-state index in [1.54, 1.807) is 12.1 Å². The van der Waals surface area contributed by atoms with Crippen LogP contribution in [0.3, 0.4) is 0 Å². The van der Waals surface area contributed by atoms with Gasteiger partial charge in [-0.3, -0.25) is 4.79 Å². The zero-order valence-corrected chi connectivity index (χ0v) is 15.4. The second-order valence-electron chi connectivity index (χ2n) is 6.89. The SMILES string of the molecule is O=C(Nc1cc2c(cc1Cl)OCCCO2)C1CC1c1ccc(C(F)(F)F)cc1. The lowest BCUT2D eigenvalue weighted by atomic mass is 10.1. The summed E-state index contributed by atoms with van der Waals surface area (Å²) in [4.78, 5) is 12.6. The number of carbonyl (C=O) groups is 1. The minimum atomic E-state index is -4.37. The molecule has 4 nitrogen and oxygen atoms in total. The van der Waals surface area contributed by atoms with Gasteiger partial charge in [0.05, 0.1) is 29.5 Å². The minimum Gasteiger partial charge on any atom is -0.490 e. The van der Waals surface area contributed by atoms with Gasteiger partial charge in [0.25, 0.3) is 0 Å². The van der Waals surface area contributed by atoms with Crippen LogP contribution >= 0.6 is 11.6 Å². The van der Waals surface area contributed by atoms with Gasteiger partial charge in [-0.15, -0.1) is 0 Å². The van der Waals surface area contributed by atoms with Crippen LogP contribution in [0.4, 0.5) is 18.9 Å². The van der Waals surface area contributed by atoms with Crippen molar-refractivity contribution in [2.45, 2.75) is 24.9 Å². The molecule has 2 aromatic rings. The van der Waals surface area contributed by atoms with Gasteiger partial charge < -0.3 is 14.8 Å². The summed E-state index contributed by atoms with van der Waals surface area (Å²) in [6.07, 6.45) is -3.03. The molecule has 2 unspecified atom stereocenters. The molecule has 28 heavy (non-hydrogen) atoms. The average Bonchev–Trinajstić information content (AvgIpc) is 3.46. The van der Waals surface area contributed by atoms with E-state index in [2.05, 4.69) is 5.32 Å². The predicted molar refractivity (Wildman–Crippen MR) is 98.0 cm³/mol. The van der Waals surface area contributed by atoms with E-state index in [0.29, 0.717) is 41.8 Å². The van der Waals surface area contributed by atoms with Crippen LogP contribution < -0.4 is 14.8 Å². The molecule has 1 aliphatic carbocycles. The molecule has 8 heteroatoms. The average molecular weight is 412 g/mol. The molecule has 0 saturated heterocycles. The number of rotatable bonds is 3. The van der Waals surface area contributed by atoms with Crippen molar-refractivity contribution in [2.24, 2.45) is 5.92 Å². The summed E-state index contributed by atoms with van der Waals surface area (Å²) < 4.78 is 49.2. The molecule has 1 fully saturated rings. The Labute approximate surface area is 164 Å². The van der Waals surface area contributed by atoms with E-state index in [4.69, 9.17) is 21.1 Å². The third kappa shape index (κ3) is 3.90. The lowest BCUT2D eigenvalue weighted by molar-refractivity contribution is -0.137. The van der Waals surface area contributed by atoms with Gasteiger partial charge in [-0.25, -0.2) is 0 Å². The van der Waals surface area contributed by atoms with Crippen molar-refractivity contribution < 1.29 is 27.4 Å². The maximum Gasteiger partial charge on any atom is 0.416 e. The number of fused-ring (bicyclic) bond motifs is 1. The van der Waals surface area contributed by atoms with Crippen LogP contribution in [0.5, 0.6) is 11.5 Å². The quantitative estimate of drug-likeness (QED) is 0.749. The van der Waals surface area contributed by atoms with Crippen molar-refractivity contribution in [3.05, 3.63) is 52.5 Å². The number of halogens is 4. The first-order valence-corrected chi connectivity index (χ1v) is 9.28. The molecule has 0 radical (unpaired) electrons. The fraction of sp³-hybridized carbons (Fsp3) is 0.350. The molecule has 2 aliphatic rings. The van der Waals surface area contributed by atoms with Gasteiger partial charge in [0, 0.05) is 24.5 Å². The van der Waals surface area contributed by atoms with Crippen molar-refractivity contribution >= 4 is 23.2 Å². The molecule has 2 aromatic carbocycles. The number of nitrogens with one attached hydrogen (secondary N) is 1. The number of benzene rings is 2. The molecule has 4 rings (SSSR count). The molecule has 1 heterocycles. The Bertz CT molecular complexity index is 899. The summed E-state index contributed by atoms with van der Waals surface area (Å²) >= 11 is 6.24. The maximum atomic E-state index is 12.7. The van der Waals surface area contributed by atoms with E-state index in [-0.39, 0.29) is 17.7 Å². The summed E-state index contributed by atoms with van der Waals surface area (Å²) in [5.74, 6) is 0.438. The Morgan fingerprint density at radius 2 is 1.71 bits per heavy atom. The van der Waals surface area contributed by atoms with Gasteiger partial charge in [-0.1, -0.05) is 23.7 Å². The third-order valence-corrected chi connectivity index (χ3v) is 5.20. The molecule has 1 N–H and O–H groups in total. The van der Waals surface area contributed by atoms with Gasteiger partial charge >= 0.3 is 6.18 Å². The Morgan fingerprint density at radius 1 is 1.07 bits per heavy atom. The van der Waals surface area contributed by atoms with Gasteiger partial charge in [0.1, 0.15) is 0 Å². The normalized spacial score (nSPS) is 21.0. The zero-order chi connectivity index (χ0) is 19.9. The van der Waals surface area contributed by atoms with Crippen LogP contribution in [0.2, 0.25) is 5.02 Å². The number of hydrogen-bond donors (Lipinski definition) is 1. The number of carbonyl (C=O) groups excluding carboxylic acids is 1. The Hall–Kier alpha value is -2.41. The van der Waals surface area contributed by atoms with E-state index < -0.39 is 11.7 Å². The standard InChI is InChI=1S/C20H17ClF3NO3/c21-15-9-17-18(28-7-1-6-27-17)10-16(15)25-19(26)14-8-13(14)11-2-4-12(5-3-11)20(22,23)24/h2-5,9-10,13-14H,1,6-8H2,(H,25,26). The Kier molecular flexibility index (Phi) is 4.87. The minimum absolute atomic E-state index is 0.0959. The second kappa shape index (κ2) is 7.20. The maximum absolute atomic E-state index is 12.7. The van der Waals surface area contributed by atoms with Crippen LogP contribution in [0.15, 0.2) is 36.4 Å². The highest BCUT2D eigenvalue weighted by Crippen LogP contribution is 2.49.